The first-order valence-corrected chi connectivity index (χ1v) is 8.87. The summed E-state index contributed by atoms with van der Waals surface area (Å²) in [6.45, 7) is 4.20. The second-order valence-electron chi connectivity index (χ2n) is 6.74. The van der Waals surface area contributed by atoms with E-state index in [0.717, 1.165) is 12.0 Å². The van der Waals surface area contributed by atoms with Gasteiger partial charge in [-0.2, -0.15) is 0 Å². The van der Waals surface area contributed by atoms with Gasteiger partial charge in [-0.1, -0.05) is 38.5 Å². The van der Waals surface area contributed by atoms with E-state index in [4.69, 9.17) is 5.73 Å². The summed E-state index contributed by atoms with van der Waals surface area (Å²) >= 11 is 0. The summed E-state index contributed by atoms with van der Waals surface area (Å²) in [6.07, 6.45) is 3.44. The molecule has 3 rings (SSSR count). The number of primary amides is 1. The Hall–Kier alpha value is -3.22. The normalized spacial score (nSPS) is 17.5. The lowest BCUT2D eigenvalue weighted by Gasteiger charge is -2.32. The Morgan fingerprint density at radius 2 is 2.00 bits per heavy atom. The summed E-state index contributed by atoms with van der Waals surface area (Å²) in [5.74, 6) is -1.28. The first-order chi connectivity index (χ1) is 12.9. The maximum Gasteiger partial charge on any atom is 0.256 e. The van der Waals surface area contributed by atoms with E-state index in [1.807, 2.05) is 38.1 Å². The molecule has 0 spiro atoms. The van der Waals surface area contributed by atoms with E-state index < -0.39 is 11.9 Å². The highest BCUT2D eigenvalue weighted by Gasteiger charge is 2.37. The number of nitrogens with one attached hydrogen (secondary N) is 1. The fourth-order valence-electron chi connectivity index (χ4n) is 3.25. The molecule has 0 bridgehead atoms. The molecular weight excluding hydrogens is 344 g/mol. The Balaban J connectivity index is 2.05. The van der Waals surface area contributed by atoms with Crippen LogP contribution in [-0.4, -0.2) is 33.6 Å². The quantitative estimate of drug-likeness (QED) is 0.865. The van der Waals surface area contributed by atoms with Crippen molar-refractivity contribution in [1.29, 1.82) is 0 Å². The highest BCUT2D eigenvalue weighted by atomic mass is 16.2. The van der Waals surface area contributed by atoms with Gasteiger partial charge in [0.05, 0.1) is 11.1 Å². The Morgan fingerprint density at radius 1 is 1.30 bits per heavy atom. The molecule has 140 valence electrons. The number of amides is 3. The van der Waals surface area contributed by atoms with Gasteiger partial charge in [0, 0.05) is 24.6 Å². The van der Waals surface area contributed by atoms with E-state index in [1.54, 1.807) is 4.90 Å². The van der Waals surface area contributed by atoms with Crippen molar-refractivity contribution >= 4 is 23.4 Å². The smallest absolute Gasteiger partial charge is 0.256 e. The summed E-state index contributed by atoms with van der Waals surface area (Å²) < 4.78 is 0. The Morgan fingerprint density at radius 3 is 2.70 bits per heavy atom. The second kappa shape index (κ2) is 7.57. The molecule has 2 unspecified atom stereocenters. The van der Waals surface area contributed by atoms with E-state index in [9.17, 15) is 14.4 Å². The van der Waals surface area contributed by atoms with E-state index in [0.29, 0.717) is 5.69 Å². The third-order valence-electron chi connectivity index (χ3n) is 4.93. The van der Waals surface area contributed by atoms with Crippen LogP contribution in [0.5, 0.6) is 0 Å². The van der Waals surface area contributed by atoms with Gasteiger partial charge in [0.25, 0.3) is 5.91 Å². The maximum atomic E-state index is 13.3. The lowest BCUT2D eigenvalue weighted by Crippen LogP contribution is -2.48. The van der Waals surface area contributed by atoms with Crippen LogP contribution in [0.15, 0.2) is 42.7 Å². The summed E-state index contributed by atoms with van der Waals surface area (Å²) in [5, 5.41) is 2.93. The van der Waals surface area contributed by atoms with Gasteiger partial charge in [-0.25, -0.2) is 0 Å². The number of rotatable bonds is 4. The molecule has 7 heteroatoms. The minimum atomic E-state index is -0.658. The summed E-state index contributed by atoms with van der Waals surface area (Å²) in [6, 6.07) is 8.20. The molecule has 1 aromatic heterocycles. The van der Waals surface area contributed by atoms with E-state index in [2.05, 4.69) is 10.3 Å². The lowest BCUT2D eigenvalue weighted by molar-refractivity contribution is -0.122. The third kappa shape index (κ3) is 3.67. The summed E-state index contributed by atoms with van der Waals surface area (Å²) in [7, 11) is 0. The van der Waals surface area contributed by atoms with Crippen molar-refractivity contribution in [3.05, 3.63) is 59.4 Å². The molecule has 1 aromatic carbocycles. The summed E-state index contributed by atoms with van der Waals surface area (Å²) in [4.78, 5) is 43.1. The Labute approximate surface area is 157 Å². The van der Waals surface area contributed by atoms with Crippen LogP contribution in [0.1, 0.15) is 46.5 Å². The SMILES string of the molecule is CCC(C)C1C(=O)Nc2ccccc2CN1C(=O)c1cncc(C(N)=O)c1. The number of pyridine rings is 1. The number of nitrogens with two attached hydrogens (primary N) is 1. The average Bonchev–Trinajstić information content (AvgIpc) is 2.82. The van der Waals surface area contributed by atoms with Gasteiger partial charge in [-0.3, -0.25) is 19.4 Å². The second-order valence-corrected chi connectivity index (χ2v) is 6.74. The molecule has 3 amide bonds. The zero-order valence-electron chi connectivity index (χ0n) is 15.3. The fraction of sp³-hybridized carbons (Fsp3) is 0.300. The predicted molar refractivity (Wildman–Crippen MR) is 101 cm³/mol. The van der Waals surface area contributed by atoms with Crippen LogP contribution in [-0.2, 0) is 11.3 Å². The van der Waals surface area contributed by atoms with E-state index in [1.165, 1.54) is 18.5 Å². The van der Waals surface area contributed by atoms with Crippen LogP contribution in [0.25, 0.3) is 0 Å². The number of hydrogen-bond acceptors (Lipinski definition) is 4. The monoisotopic (exact) mass is 366 g/mol. The first-order valence-electron chi connectivity index (χ1n) is 8.87. The molecule has 1 aliphatic heterocycles. The highest BCUT2D eigenvalue weighted by Crippen LogP contribution is 2.28. The molecule has 0 saturated carbocycles. The number of hydrogen-bond donors (Lipinski definition) is 2. The zero-order valence-corrected chi connectivity index (χ0v) is 15.3. The number of carbonyl (C=O) groups excluding carboxylic acids is 3. The fourth-order valence-corrected chi connectivity index (χ4v) is 3.25. The van der Waals surface area contributed by atoms with Crippen LogP contribution < -0.4 is 11.1 Å². The summed E-state index contributed by atoms with van der Waals surface area (Å²) in [5.41, 5.74) is 7.24. The number of aromatic nitrogens is 1. The van der Waals surface area contributed by atoms with Crippen molar-refractivity contribution < 1.29 is 14.4 Å². The van der Waals surface area contributed by atoms with Crippen molar-refractivity contribution in [2.24, 2.45) is 11.7 Å². The Bertz CT molecular complexity index is 896. The van der Waals surface area contributed by atoms with Crippen LogP contribution in [0.2, 0.25) is 0 Å². The number of benzene rings is 1. The van der Waals surface area contributed by atoms with Crippen molar-refractivity contribution in [2.75, 3.05) is 5.32 Å². The number of fused-ring (bicyclic) bond motifs is 1. The van der Waals surface area contributed by atoms with Crippen LogP contribution in [0.4, 0.5) is 5.69 Å². The minimum absolute atomic E-state index is 0.0458. The lowest BCUT2D eigenvalue weighted by atomic mass is 9.96. The molecule has 0 fully saturated rings. The molecule has 7 nitrogen and oxygen atoms in total. The molecule has 2 heterocycles. The van der Waals surface area contributed by atoms with Gasteiger partial charge >= 0.3 is 0 Å². The van der Waals surface area contributed by atoms with Crippen molar-refractivity contribution in [3.8, 4) is 0 Å². The largest absolute Gasteiger partial charge is 0.366 e. The third-order valence-corrected chi connectivity index (χ3v) is 4.93. The molecule has 2 aromatic rings. The molecule has 27 heavy (non-hydrogen) atoms. The minimum Gasteiger partial charge on any atom is -0.366 e. The van der Waals surface area contributed by atoms with Crippen LogP contribution in [0, 0.1) is 5.92 Å². The average molecular weight is 366 g/mol. The maximum absolute atomic E-state index is 13.3. The number of para-hydroxylation sites is 1. The predicted octanol–water partition coefficient (Wildman–Crippen LogP) is 2.19. The highest BCUT2D eigenvalue weighted by molar-refractivity contribution is 6.03. The van der Waals surface area contributed by atoms with Crippen LogP contribution in [0.3, 0.4) is 0 Å². The molecule has 1 aliphatic rings. The number of nitrogens with zero attached hydrogens (tertiary/aromatic N) is 2. The molecule has 0 radical (unpaired) electrons. The molecule has 2 atom stereocenters. The Kier molecular flexibility index (Phi) is 5.21. The van der Waals surface area contributed by atoms with Gasteiger partial charge in [-0.15, -0.1) is 0 Å². The van der Waals surface area contributed by atoms with Gasteiger partial charge in [-0.05, 0) is 23.6 Å². The standard InChI is InChI=1S/C20H22N4O3/c1-3-12(2)17-19(26)23-16-7-5-4-6-13(16)11-24(17)20(27)15-8-14(18(21)25)9-22-10-15/h4-10,12,17H,3,11H2,1-2H3,(H2,21,25)(H,23,26). The van der Waals surface area contributed by atoms with Crippen molar-refractivity contribution in [3.63, 3.8) is 0 Å². The topological polar surface area (TPSA) is 105 Å². The van der Waals surface area contributed by atoms with Gasteiger partial charge in [0.2, 0.25) is 11.8 Å². The number of anilines is 1. The van der Waals surface area contributed by atoms with Gasteiger partial charge in [0.15, 0.2) is 0 Å². The van der Waals surface area contributed by atoms with Crippen molar-refractivity contribution in [2.45, 2.75) is 32.9 Å². The van der Waals surface area contributed by atoms with E-state index in [-0.39, 0.29) is 35.4 Å². The molecule has 0 saturated heterocycles. The van der Waals surface area contributed by atoms with Crippen LogP contribution >= 0.6 is 0 Å². The van der Waals surface area contributed by atoms with Crippen molar-refractivity contribution in [1.82, 2.24) is 9.88 Å². The van der Waals surface area contributed by atoms with E-state index >= 15 is 0 Å². The zero-order chi connectivity index (χ0) is 19.6. The first kappa shape index (κ1) is 18.6. The molecule has 0 aliphatic carbocycles. The molecular formula is C20H22N4O3. The van der Waals surface area contributed by atoms with Gasteiger partial charge in [0.1, 0.15) is 6.04 Å². The number of carbonyl (C=O) groups is 3. The molecule has 3 N–H and O–H groups in total. The van der Waals surface area contributed by atoms with Gasteiger partial charge < -0.3 is 16.0 Å².